The molecule has 1 amide bonds. The molecular weight excluding hydrogens is 579 g/mol. The van der Waals surface area contributed by atoms with Gasteiger partial charge >= 0.3 is 20.5 Å². The minimum absolute atomic E-state index is 0.0304. The van der Waals surface area contributed by atoms with Crippen molar-refractivity contribution in [1.29, 1.82) is 0 Å². The van der Waals surface area contributed by atoms with Gasteiger partial charge in [-0.05, 0) is 61.3 Å². The van der Waals surface area contributed by atoms with E-state index in [0.717, 1.165) is 6.34 Å². The first kappa shape index (κ1) is 36.7. The summed E-state index contributed by atoms with van der Waals surface area (Å²) in [5.74, 6) is -1.51. The van der Waals surface area contributed by atoms with Gasteiger partial charge in [0.05, 0.1) is 34.9 Å². The van der Waals surface area contributed by atoms with Crippen LogP contribution in [0.2, 0.25) is 5.02 Å². The minimum atomic E-state index is -2.08. The summed E-state index contributed by atoms with van der Waals surface area (Å²) in [5, 5.41) is 0.118. The summed E-state index contributed by atoms with van der Waals surface area (Å²) in [6.45, 7) is 15.2. The van der Waals surface area contributed by atoms with E-state index in [9.17, 15) is 14.4 Å². The van der Waals surface area contributed by atoms with Gasteiger partial charge in [-0.1, -0.05) is 25.4 Å². The van der Waals surface area contributed by atoms with Crippen LogP contribution in [-0.4, -0.2) is 55.0 Å². The Bertz CT molecular complexity index is 1040. The smallest absolute Gasteiger partial charge is 0.338 e. The number of hydrogen-bond acceptors (Lipinski definition) is 10. The fraction of sp³-hybridized carbons (Fsp3) is 0.692. The molecule has 0 aliphatic carbocycles. The number of rotatable bonds is 12. The maximum absolute atomic E-state index is 12.1. The van der Waals surface area contributed by atoms with Crippen LogP contribution in [-0.2, 0) is 43.1 Å². The van der Waals surface area contributed by atoms with E-state index in [-0.39, 0.29) is 23.0 Å². The highest BCUT2D eigenvalue weighted by molar-refractivity contribution is 7.41. The number of ether oxygens (including phenoxy) is 3. The number of amides is 1. The van der Waals surface area contributed by atoms with Gasteiger partial charge in [0.25, 0.3) is 5.91 Å². The lowest BCUT2D eigenvalue weighted by molar-refractivity contribution is -0.162. The topological polar surface area (TPSA) is 176 Å². The fourth-order valence-electron chi connectivity index (χ4n) is 3.39. The van der Waals surface area contributed by atoms with Crippen molar-refractivity contribution < 1.29 is 42.2 Å². The number of hydrogen-bond donors (Lipinski definition) is 2. The highest BCUT2D eigenvalue weighted by Gasteiger charge is 2.41. The van der Waals surface area contributed by atoms with Crippen molar-refractivity contribution >= 4 is 50.2 Å². The number of primary amides is 1. The molecule has 15 heteroatoms. The molecule has 2 atom stereocenters. The number of esters is 2. The number of aliphatic imine (C=N–C) groups is 1. The van der Waals surface area contributed by atoms with Crippen molar-refractivity contribution in [3.63, 3.8) is 0 Å². The molecule has 1 unspecified atom stereocenters. The number of halogens is 1. The van der Waals surface area contributed by atoms with Gasteiger partial charge in [-0.25, -0.2) is 4.99 Å². The molecule has 4 N–H and O–H groups in total. The Morgan fingerprint density at radius 1 is 1.10 bits per heavy atom. The van der Waals surface area contributed by atoms with Crippen LogP contribution in [0.3, 0.4) is 0 Å². The van der Waals surface area contributed by atoms with Crippen molar-refractivity contribution in [2.24, 2.45) is 27.3 Å². The molecule has 1 aliphatic heterocycles. The number of carbonyl (C=O) groups is 3. The molecule has 234 valence electrons. The number of aromatic nitrogens is 1. The second kappa shape index (κ2) is 15.8. The zero-order valence-corrected chi connectivity index (χ0v) is 27.0. The van der Waals surface area contributed by atoms with E-state index in [1.54, 1.807) is 53.0 Å². The average molecular weight is 623 g/mol. The van der Waals surface area contributed by atoms with E-state index in [1.165, 1.54) is 6.20 Å². The normalized spacial score (nSPS) is 19.2. The summed E-state index contributed by atoms with van der Waals surface area (Å²) < 4.78 is 34.9. The fourth-order valence-corrected chi connectivity index (χ4v) is 4.45. The molecule has 1 saturated heterocycles. The largest absolute Gasteiger partial charge is 0.438 e. The molecular formula is C26H44ClN4O9P. The molecule has 1 aromatic rings. The third-order valence-corrected chi connectivity index (χ3v) is 6.80. The quantitative estimate of drug-likeness (QED) is 0.105. The molecule has 0 bridgehead atoms. The number of nitrogens with two attached hydrogens (primary N) is 2. The molecule has 13 nitrogen and oxygen atoms in total. The van der Waals surface area contributed by atoms with Crippen LogP contribution in [0, 0.1) is 10.8 Å². The van der Waals surface area contributed by atoms with E-state index in [4.69, 9.17) is 50.9 Å². The Labute approximate surface area is 248 Å². The average Bonchev–Trinajstić information content (AvgIpc) is 3.42. The summed E-state index contributed by atoms with van der Waals surface area (Å²) in [5.41, 5.74) is 8.59. The second-order valence-corrected chi connectivity index (χ2v) is 12.6. The first-order chi connectivity index (χ1) is 19.0. The van der Waals surface area contributed by atoms with Gasteiger partial charge in [0, 0.05) is 6.20 Å². The van der Waals surface area contributed by atoms with Gasteiger partial charge in [0.1, 0.15) is 11.3 Å². The van der Waals surface area contributed by atoms with Crippen LogP contribution in [0.4, 0.5) is 5.82 Å². The standard InChI is InChI=1S/C24H38ClN4O9P.C2H6/c1-22(2,3)20(31)33-13-36-39(37-14-34-21(32)23(4,5)6)35-11-15-8-9-24(7,38-15)29-10-16(25)17(18(27)30)19(29)28-12-26;1-2/h10,12,15H,8-9,11,13-14H2,1-7H3,(H2,26,28)(H2,27,30);1-2H3/t15?,24-;/m1./s1. The van der Waals surface area contributed by atoms with Crippen LogP contribution in [0.15, 0.2) is 11.2 Å². The van der Waals surface area contributed by atoms with Crippen LogP contribution in [0.25, 0.3) is 0 Å². The van der Waals surface area contributed by atoms with E-state index >= 15 is 0 Å². The number of nitrogens with zero attached hydrogens (tertiary/aromatic N) is 2. The van der Waals surface area contributed by atoms with E-state index in [2.05, 4.69) is 4.99 Å². The van der Waals surface area contributed by atoms with Crippen molar-refractivity contribution in [3.8, 4) is 0 Å². The van der Waals surface area contributed by atoms with Gasteiger partial charge in [-0.2, -0.15) is 0 Å². The van der Waals surface area contributed by atoms with Gasteiger partial charge < -0.3 is 34.8 Å². The Balaban J connectivity index is 0.00000411. The molecule has 2 heterocycles. The number of carbonyl (C=O) groups excluding carboxylic acids is 3. The van der Waals surface area contributed by atoms with Gasteiger partial charge in [0.15, 0.2) is 5.82 Å². The van der Waals surface area contributed by atoms with Crippen molar-refractivity contribution in [2.75, 3.05) is 20.2 Å². The Hall–Kier alpha value is -2.28. The maximum Gasteiger partial charge on any atom is 0.338 e. The molecule has 1 fully saturated rings. The second-order valence-electron chi connectivity index (χ2n) is 11.0. The third-order valence-electron chi connectivity index (χ3n) is 5.52. The van der Waals surface area contributed by atoms with Crippen LogP contribution in [0.1, 0.15) is 85.5 Å². The Kier molecular flexibility index (Phi) is 14.2. The van der Waals surface area contributed by atoms with Gasteiger partial charge in [-0.15, -0.1) is 0 Å². The summed E-state index contributed by atoms with van der Waals surface area (Å²) in [6.07, 6.45) is 3.21. The molecule has 0 aromatic carbocycles. The molecule has 1 aromatic heterocycles. The van der Waals surface area contributed by atoms with Gasteiger partial charge in [-0.3, -0.25) is 23.4 Å². The summed E-state index contributed by atoms with van der Waals surface area (Å²) in [4.78, 5) is 40.1. The van der Waals surface area contributed by atoms with Crippen molar-refractivity contribution in [1.82, 2.24) is 4.57 Å². The molecule has 0 spiro atoms. The Morgan fingerprint density at radius 2 is 1.61 bits per heavy atom. The van der Waals surface area contributed by atoms with Crippen LogP contribution >= 0.6 is 20.2 Å². The van der Waals surface area contributed by atoms with Crippen molar-refractivity contribution in [3.05, 3.63) is 16.8 Å². The van der Waals surface area contributed by atoms with Gasteiger partial charge in [0.2, 0.25) is 13.6 Å². The molecule has 41 heavy (non-hydrogen) atoms. The van der Waals surface area contributed by atoms with E-state index in [1.807, 2.05) is 13.8 Å². The van der Waals surface area contributed by atoms with E-state index in [0.29, 0.717) is 12.8 Å². The Morgan fingerprint density at radius 3 is 2.05 bits per heavy atom. The maximum atomic E-state index is 12.1. The van der Waals surface area contributed by atoms with Crippen LogP contribution in [0.5, 0.6) is 0 Å². The van der Waals surface area contributed by atoms with E-state index < -0.39 is 62.7 Å². The third kappa shape index (κ3) is 10.8. The zero-order valence-electron chi connectivity index (χ0n) is 25.3. The molecule has 2 rings (SSSR count). The molecule has 0 radical (unpaired) electrons. The monoisotopic (exact) mass is 622 g/mol. The van der Waals surface area contributed by atoms with Crippen molar-refractivity contribution in [2.45, 2.75) is 87.0 Å². The summed E-state index contributed by atoms with van der Waals surface area (Å²) in [7, 11) is -2.08. The SMILES string of the molecule is CC.CC(C)(C)C(=O)OCOP(OCOC(=O)C(C)(C)C)OCC1CC[C@](C)(n2cc(Cl)c(C(N)=O)c2/N=C\N)O1. The predicted octanol–water partition coefficient (Wildman–Crippen LogP) is 5.11. The zero-order chi connectivity index (χ0) is 31.6. The first-order valence-electron chi connectivity index (χ1n) is 13.2. The predicted molar refractivity (Wildman–Crippen MR) is 155 cm³/mol. The molecule has 1 aliphatic rings. The lowest BCUT2D eigenvalue weighted by Crippen LogP contribution is -2.30. The molecule has 0 saturated carbocycles. The highest BCUT2D eigenvalue weighted by atomic mass is 35.5. The lowest BCUT2D eigenvalue weighted by atomic mass is 9.98. The highest BCUT2D eigenvalue weighted by Crippen LogP contribution is 2.44. The van der Waals surface area contributed by atoms with Crippen LogP contribution < -0.4 is 11.5 Å². The lowest BCUT2D eigenvalue weighted by Gasteiger charge is -2.28. The summed E-state index contributed by atoms with van der Waals surface area (Å²) in [6, 6.07) is 0. The summed E-state index contributed by atoms with van der Waals surface area (Å²) >= 11 is 6.24. The first-order valence-corrected chi connectivity index (χ1v) is 14.6. The minimum Gasteiger partial charge on any atom is -0.438 e.